The summed E-state index contributed by atoms with van der Waals surface area (Å²) in [6, 6.07) is 3.79. The molecule has 3 N–H and O–H groups in total. The molecule has 0 unspecified atom stereocenters. The van der Waals surface area contributed by atoms with E-state index in [1.807, 2.05) is 0 Å². The molecule has 3 heterocycles. The van der Waals surface area contributed by atoms with Crippen molar-refractivity contribution in [2.24, 2.45) is 0 Å². The normalized spacial score (nSPS) is 13.9. The van der Waals surface area contributed by atoms with Gasteiger partial charge >= 0.3 is 12.1 Å². The first-order valence-corrected chi connectivity index (χ1v) is 9.65. The lowest BCUT2D eigenvalue weighted by Gasteiger charge is -2.35. The quantitative estimate of drug-likeness (QED) is 0.588. The van der Waals surface area contributed by atoms with E-state index in [4.69, 9.17) is 4.74 Å². The van der Waals surface area contributed by atoms with Crippen LogP contribution in [0.15, 0.2) is 36.8 Å². The van der Waals surface area contributed by atoms with Crippen molar-refractivity contribution in [2.45, 2.75) is 26.1 Å². The molecular weight excluding hydrogens is 407 g/mol. The number of imidazole rings is 1. The van der Waals surface area contributed by atoms with Gasteiger partial charge in [0.15, 0.2) is 0 Å². The summed E-state index contributed by atoms with van der Waals surface area (Å²) in [6.07, 6.45) is 3.18. The second-order valence-electron chi connectivity index (χ2n) is 7.44. The number of aliphatic hydroxyl groups excluding tert-OH is 1. The topological polar surface area (TPSA) is 121 Å². The van der Waals surface area contributed by atoms with Crippen LogP contribution in [0.5, 0.6) is 0 Å². The Morgan fingerprint density at radius 3 is 2.71 bits per heavy atom. The Kier molecular flexibility index (Phi) is 5.42. The molecule has 11 heteroatoms. The molecule has 0 spiro atoms. The van der Waals surface area contributed by atoms with Gasteiger partial charge in [0.05, 0.1) is 42.9 Å². The molecule has 162 valence electrons. The number of nitrogens with one attached hydrogen (secondary N) is 2. The molecule has 0 bridgehead atoms. The number of carbonyl (C=O) groups is 2. The van der Waals surface area contributed by atoms with Crippen molar-refractivity contribution in [2.75, 3.05) is 23.7 Å². The van der Waals surface area contributed by atoms with E-state index in [0.29, 0.717) is 22.8 Å². The summed E-state index contributed by atoms with van der Waals surface area (Å²) in [7, 11) is 0. The standard InChI is InChI=1S/C20H21FN6O4/c1-11(2)31-20(30)24-13-6-22-18-25-17(10-26(18)7-13)15-5-12(3-4-16(15)21)23-19(29)27-8-14(28)9-27/h3-7,10-11,14,28H,8-9H2,1-2H3,(H,23,29)(H,24,30). The van der Waals surface area contributed by atoms with Gasteiger partial charge in [-0.3, -0.25) is 9.72 Å². The number of amides is 3. The third-order valence-corrected chi connectivity index (χ3v) is 4.54. The molecule has 1 fully saturated rings. The second-order valence-corrected chi connectivity index (χ2v) is 7.44. The van der Waals surface area contributed by atoms with Crippen molar-refractivity contribution in [3.05, 3.63) is 42.6 Å². The van der Waals surface area contributed by atoms with E-state index < -0.39 is 18.0 Å². The third kappa shape index (κ3) is 4.56. The molecule has 3 amide bonds. The van der Waals surface area contributed by atoms with E-state index in [0.717, 1.165) is 0 Å². The van der Waals surface area contributed by atoms with Crippen LogP contribution in [-0.2, 0) is 4.74 Å². The van der Waals surface area contributed by atoms with Crippen molar-refractivity contribution >= 4 is 29.3 Å². The number of anilines is 2. The zero-order valence-electron chi connectivity index (χ0n) is 16.9. The second kappa shape index (κ2) is 8.19. The number of carbonyl (C=O) groups excluding carboxylic acids is 2. The van der Waals surface area contributed by atoms with Crippen LogP contribution < -0.4 is 10.6 Å². The van der Waals surface area contributed by atoms with Gasteiger partial charge in [-0.1, -0.05) is 0 Å². The lowest BCUT2D eigenvalue weighted by atomic mass is 10.1. The van der Waals surface area contributed by atoms with Crippen molar-refractivity contribution in [1.29, 1.82) is 0 Å². The largest absolute Gasteiger partial charge is 0.447 e. The number of aromatic nitrogens is 3. The van der Waals surface area contributed by atoms with Crippen LogP contribution in [0, 0.1) is 5.82 Å². The Hall–Kier alpha value is -3.73. The molecule has 31 heavy (non-hydrogen) atoms. The molecule has 2 aromatic heterocycles. The van der Waals surface area contributed by atoms with E-state index in [9.17, 15) is 19.1 Å². The van der Waals surface area contributed by atoms with Crippen LogP contribution in [0.1, 0.15) is 13.8 Å². The Morgan fingerprint density at radius 2 is 2.00 bits per heavy atom. The Morgan fingerprint density at radius 1 is 1.23 bits per heavy atom. The summed E-state index contributed by atoms with van der Waals surface area (Å²) in [5.41, 5.74) is 1.27. The van der Waals surface area contributed by atoms with E-state index in [1.54, 1.807) is 30.6 Å². The molecule has 0 radical (unpaired) electrons. The summed E-state index contributed by atoms with van der Waals surface area (Å²) in [6.45, 7) is 4.00. The minimum Gasteiger partial charge on any atom is -0.447 e. The number of rotatable bonds is 4. The molecule has 3 aromatic rings. The zero-order valence-corrected chi connectivity index (χ0v) is 16.9. The van der Waals surface area contributed by atoms with Crippen LogP contribution in [0.3, 0.4) is 0 Å². The molecule has 0 aliphatic carbocycles. The van der Waals surface area contributed by atoms with Crippen molar-refractivity contribution in [3.63, 3.8) is 0 Å². The van der Waals surface area contributed by atoms with Crippen LogP contribution in [0.25, 0.3) is 17.0 Å². The lowest BCUT2D eigenvalue weighted by molar-refractivity contribution is 0.0309. The number of halogens is 1. The molecule has 1 aliphatic rings. The summed E-state index contributed by atoms with van der Waals surface area (Å²) in [4.78, 5) is 33.8. The van der Waals surface area contributed by atoms with Gasteiger partial charge in [0, 0.05) is 23.6 Å². The number of β-amino-alcohol motifs (C(OH)–C–C–N with tert-alkyl or cyclic N) is 1. The average molecular weight is 428 g/mol. The van der Waals surface area contributed by atoms with Crippen LogP contribution >= 0.6 is 0 Å². The first kappa shape index (κ1) is 20.5. The SMILES string of the molecule is CC(C)OC(=O)Nc1cnc2nc(-c3cc(NC(=O)N4CC(O)C4)ccc3F)cn2c1. The van der Waals surface area contributed by atoms with Gasteiger partial charge in [0.1, 0.15) is 5.82 Å². The zero-order chi connectivity index (χ0) is 22.1. The van der Waals surface area contributed by atoms with E-state index in [2.05, 4.69) is 20.6 Å². The number of ether oxygens (including phenoxy) is 1. The number of hydrogen-bond donors (Lipinski definition) is 3. The molecule has 0 saturated carbocycles. The van der Waals surface area contributed by atoms with Gasteiger partial charge in [-0.25, -0.2) is 23.9 Å². The van der Waals surface area contributed by atoms with Crippen molar-refractivity contribution in [1.82, 2.24) is 19.3 Å². The van der Waals surface area contributed by atoms with Crippen LogP contribution in [0.2, 0.25) is 0 Å². The summed E-state index contributed by atoms with van der Waals surface area (Å²) in [5, 5.41) is 14.6. The molecule has 10 nitrogen and oxygen atoms in total. The number of nitrogens with zero attached hydrogens (tertiary/aromatic N) is 4. The summed E-state index contributed by atoms with van der Waals surface area (Å²) >= 11 is 0. The van der Waals surface area contributed by atoms with Gasteiger partial charge in [-0.2, -0.15) is 0 Å². The fraction of sp³-hybridized carbons (Fsp3) is 0.300. The van der Waals surface area contributed by atoms with E-state index in [1.165, 1.54) is 29.3 Å². The smallest absolute Gasteiger partial charge is 0.411 e. The maximum atomic E-state index is 14.5. The van der Waals surface area contributed by atoms with Crippen molar-refractivity contribution < 1.29 is 23.8 Å². The average Bonchev–Trinajstić information content (AvgIpc) is 3.09. The van der Waals surface area contributed by atoms with Gasteiger partial charge < -0.3 is 20.1 Å². The molecule has 0 atom stereocenters. The summed E-state index contributed by atoms with van der Waals surface area (Å²) in [5.74, 6) is -0.208. The molecular formula is C20H21FN6O4. The highest BCUT2D eigenvalue weighted by Gasteiger charge is 2.28. The highest BCUT2D eigenvalue weighted by Crippen LogP contribution is 2.26. The first-order chi connectivity index (χ1) is 14.8. The number of aliphatic hydroxyl groups is 1. The molecule has 1 aromatic carbocycles. The number of urea groups is 1. The molecule has 1 saturated heterocycles. The van der Waals surface area contributed by atoms with Crippen LogP contribution in [0.4, 0.5) is 25.4 Å². The first-order valence-electron chi connectivity index (χ1n) is 9.65. The fourth-order valence-electron chi connectivity index (χ4n) is 3.06. The van der Waals surface area contributed by atoms with Gasteiger partial charge in [0.2, 0.25) is 5.78 Å². The lowest BCUT2D eigenvalue weighted by Crippen LogP contribution is -2.54. The fourth-order valence-corrected chi connectivity index (χ4v) is 3.06. The minimum absolute atomic E-state index is 0.181. The predicted molar refractivity (Wildman–Crippen MR) is 110 cm³/mol. The van der Waals surface area contributed by atoms with E-state index >= 15 is 0 Å². The van der Waals surface area contributed by atoms with Gasteiger partial charge in [0.25, 0.3) is 0 Å². The number of likely N-dealkylation sites (tertiary alicyclic amines) is 1. The Labute approximate surface area is 176 Å². The summed E-state index contributed by atoms with van der Waals surface area (Å²) < 4.78 is 21.1. The molecule has 1 aliphatic heterocycles. The monoisotopic (exact) mass is 428 g/mol. The number of hydrogen-bond acceptors (Lipinski definition) is 6. The van der Waals surface area contributed by atoms with Gasteiger partial charge in [-0.15, -0.1) is 0 Å². The Bertz CT molecular complexity index is 1140. The molecule has 4 rings (SSSR count). The van der Waals surface area contributed by atoms with Crippen LogP contribution in [-0.4, -0.2) is 61.8 Å². The maximum absolute atomic E-state index is 14.5. The highest BCUT2D eigenvalue weighted by molar-refractivity contribution is 5.90. The predicted octanol–water partition coefficient (Wildman–Crippen LogP) is 2.70. The Balaban J connectivity index is 1.55. The maximum Gasteiger partial charge on any atom is 0.411 e. The van der Waals surface area contributed by atoms with E-state index in [-0.39, 0.29) is 30.8 Å². The number of fused-ring (bicyclic) bond motifs is 1. The van der Waals surface area contributed by atoms with Gasteiger partial charge in [-0.05, 0) is 32.0 Å². The number of benzene rings is 1. The van der Waals surface area contributed by atoms with Crippen molar-refractivity contribution in [3.8, 4) is 11.3 Å². The minimum atomic E-state index is -0.610. The highest BCUT2D eigenvalue weighted by atomic mass is 19.1. The third-order valence-electron chi connectivity index (χ3n) is 4.54.